The topological polar surface area (TPSA) is 4.93 Å². The molecule has 1 aliphatic carbocycles. The Balaban J connectivity index is 2.09. The van der Waals surface area contributed by atoms with Crippen LogP contribution in [0.15, 0.2) is 12.3 Å². The third-order valence-electron chi connectivity index (χ3n) is 2.99. The Morgan fingerprint density at radius 2 is 2.19 bits per heavy atom. The predicted molar refractivity (Wildman–Crippen MR) is 71.6 cm³/mol. The molecule has 0 atom stereocenters. The molecular formula is C14H19NS. The highest BCUT2D eigenvalue weighted by atomic mass is 32.2. The van der Waals surface area contributed by atoms with Crippen molar-refractivity contribution in [3.05, 3.63) is 23.5 Å². The van der Waals surface area contributed by atoms with E-state index in [0.717, 1.165) is 5.75 Å². The second-order valence-electron chi connectivity index (χ2n) is 4.28. The summed E-state index contributed by atoms with van der Waals surface area (Å²) in [6.45, 7) is 2.19. The van der Waals surface area contributed by atoms with Crippen LogP contribution in [0.4, 0.5) is 0 Å². The molecule has 0 amide bonds. The van der Waals surface area contributed by atoms with E-state index in [1.807, 2.05) is 0 Å². The van der Waals surface area contributed by atoms with Crippen LogP contribution < -0.4 is 0 Å². The molecule has 1 aromatic rings. The van der Waals surface area contributed by atoms with Crippen LogP contribution in [0, 0.1) is 11.3 Å². The first-order valence-electron chi connectivity index (χ1n) is 6.23. The van der Waals surface area contributed by atoms with Crippen molar-refractivity contribution >= 4 is 11.8 Å². The molecule has 0 bridgehead atoms. The summed E-state index contributed by atoms with van der Waals surface area (Å²) in [5, 5.41) is 3.19. The Kier molecular flexibility index (Phi) is 4.42. The van der Waals surface area contributed by atoms with E-state index in [2.05, 4.69) is 35.1 Å². The first-order valence-corrected chi connectivity index (χ1v) is 7.22. The van der Waals surface area contributed by atoms with Gasteiger partial charge in [0.1, 0.15) is 0 Å². The molecule has 86 valence electrons. The Bertz CT molecular complexity index is 395. The van der Waals surface area contributed by atoms with E-state index < -0.39 is 0 Å². The number of hydrogen-bond donors (Lipinski definition) is 0. The minimum Gasteiger partial charge on any atom is -0.280 e. The van der Waals surface area contributed by atoms with Crippen molar-refractivity contribution in [3.63, 3.8) is 0 Å². The summed E-state index contributed by atoms with van der Waals surface area (Å²) in [4.78, 5) is 0. The fourth-order valence-corrected chi connectivity index (χ4v) is 2.61. The molecule has 1 nitrogen and oxygen atoms in total. The number of nitrogens with zero attached hydrogens (tertiary/aromatic N) is 1. The lowest BCUT2D eigenvalue weighted by Crippen LogP contribution is -1.96. The fraction of sp³-hybridized carbons (Fsp3) is 0.571. The Morgan fingerprint density at radius 1 is 1.31 bits per heavy atom. The van der Waals surface area contributed by atoms with Crippen LogP contribution in [0.3, 0.4) is 0 Å². The van der Waals surface area contributed by atoms with Gasteiger partial charge in [0.15, 0.2) is 0 Å². The summed E-state index contributed by atoms with van der Waals surface area (Å²) < 4.78 is 2.14. The van der Waals surface area contributed by atoms with Crippen LogP contribution >= 0.6 is 11.8 Å². The Hall–Kier alpha value is -0.810. The lowest BCUT2D eigenvalue weighted by Gasteiger charge is -2.01. The zero-order valence-corrected chi connectivity index (χ0v) is 10.8. The quantitative estimate of drug-likeness (QED) is 0.429. The molecule has 2 rings (SSSR count). The van der Waals surface area contributed by atoms with E-state index in [1.165, 1.54) is 49.8 Å². The first kappa shape index (κ1) is 11.7. The summed E-state index contributed by atoms with van der Waals surface area (Å²) in [5.41, 5.74) is 2.98. The van der Waals surface area contributed by atoms with Gasteiger partial charge in [-0.1, -0.05) is 25.1 Å². The molecule has 1 heterocycles. The molecule has 0 aliphatic heterocycles. The molecule has 0 fully saturated rings. The Morgan fingerprint density at radius 3 is 3.06 bits per heavy atom. The van der Waals surface area contributed by atoms with Gasteiger partial charge in [-0.15, -0.1) is 0 Å². The Labute approximate surface area is 103 Å². The van der Waals surface area contributed by atoms with Gasteiger partial charge in [0.05, 0.1) is 0 Å². The van der Waals surface area contributed by atoms with E-state index in [-0.39, 0.29) is 0 Å². The molecule has 0 N–H and O–H groups in total. The van der Waals surface area contributed by atoms with Crippen molar-refractivity contribution in [1.82, 2.24) is 4.57 Å². The molecule has 16 heavy (non-hydrogen) atoms. The van der Waals surface area contributed by atoms with Gasteiger partial charge < -0.3 is 0 Å². The van der Waals surface area contributed by atoms with E-state index in [9.17, 15) is 0 Å². The first-order chi connectivity index (χ1) is 7.92. The van der Waals surface area contributed by atoms with Gasteiger partial charge in [0.25, 0.3) is 0 Å². The van der Waals surface area contributed by atoms with Gasteiger partial charge in [0, 0.05) is 23.7 Å². The van der Waals surface area contributed by atoms with E-state index in [0.29, 0.717) is 0 Å². The second-order valence-corrected chi connectivity index (χ2v) is 5.18. The summed E-state index contributed by atoms with van der Waals surface area (Å²) in [6.07, 6.45) is 9.81. The molecule has 0 saturated carbocycles. The van der Waals surface area contributed by atoms with Crippen molar-refractivity contribution in [1.29, 1.82) is 0 Å². The van der Waals surface area contributed by atoms with Crippen molar-refractivity contribution < 1.29 is 0 Å². The van der Waals surface area contributed by atoms with Gasteiger partial charge in [-0.3, -0.25) is 4.57 Å². The van der Waals surface area contributed by atoms with Crippen molar-refractivity contribution in [2.24, 2.45) is 0 Å². The van der Waals surface area contributed by atoms with Gasteiger partial charge >= 0.3 is 0 Å². The van der Waals surface area contributed by atoms with Gasteiger partial charge in [0.2, 0.25) is 0 Å². The molecule has 0 aromatic carbocycles. The maximum atomic E-state index is 3.24. The average Bonchev–Trinajstić information content (AvgIpc) is 2.54. The van der Waals surface area contributed by atoms with Gasteiger partial charge in [-0.25, -0.2) is 0 Å². The molecule has 1 aromatic heterocycles. The van der Waals surface area contributed by atoms with Crippen LogP contribution in [0.5, 0.6) is 0 Å². The lowest BCUT2D eigenvalue weighted by atomic mass is 10.1. The SMILES string of the molecule is CCCSC#Cn1ccc2c1CCCCC2. The highest BCUT2D eigenvalue weighted by Gasteiger charge is 2.11. The number of aromatic nitrogens is 1. The van der Waals surface area contributed by atoms with Crippen LogP contribution in [0.25, 0.3) is 0 Å². The van der Waals surface area contributed by atoms with Gasteiger partial charge in [-0.2, -0.15) is 0 Å². The van der Waals surface area contributed by atoms with E-state index >= 15 is 0 Å². The smallest absolute Gasteiger partial charge is 0.0345 e. The number of rotatable bonds is 2. The zero-order valence-electron chi connectivity index (χ0n) is 9.96. The average molecular weight is 233 g/mol. The summed E-state index contributed by atoms with van der Waals surface area (Å²) in [7, 11) is 0. The van der Waals surface area contributed by atoms with E-state index in [4.69, 9.17) is 0 Å². The number of fused-ring (bicyclic) bond motifs is 1. The van der Waals surface area contributed by atoms with Crippen LogP contribution in [-0.4, -0.2) is 10.3 Å². The normalized spacial score (nSPS) is 14.8. The molecule has 0 unspecified atom stereocenters. The highest BCUT2D eigenvalue weighted by Crippen LogP contribution is 2.21. The van der Waals surface area contributed by atoms with Crippen LogP contribution in [0.2, 0.25) is 0 Å². The minimum atomic E-state index is 1.14. The molecular weight excluding hydrogens is 214 g/mol. The van der Waals surface area contributed by atoms with Gasteiger partial charge in [-0.05, 0) is 49.0 Å². The summed E-state index contributed by atoms with van der Waals surface area (Å²) in [5.74, 6) is 1.14. The van der Waals surface area contributed by atoms with Crippen LogP contribution in [-0.2, 0) is 12.8 Å². The maximum absolute atomic E-state index is 3.24. The second kappa shape index (κ2) is 6.06. The van der Waals surface area contributed by atoms with Crippen molar-refractivity contribution in [3.8, 4) is 11.3 Å². The summed E-state index contributed by atoms with van der Waals surface area (Å²) in [6, 6.07) is 5.49. The third-order valence-corrected chi connectivity index (χ3v) is 3.84. The molecule has 0 spiro atoms. The third kappa shape index (κ3) is 2.86. The monoisotopic (exact) mass is 233 g/mol. The molecule has 2 heteroatoms. The fourth-order valence-electron chi connectivity index (χ4n) is 2.14. The largest absolute Gasteiger partial charge is 0.280 e. The lowest BCUT2D eigenvalue weighted by molar-refractivity contribution is 0.703. The van der Waals surface area contributed by atoms with E-state index in [1.54, 1.807) is 11.8 Å². The predicted octanol–water partition coefficient (Wildman–Crippen LogP) is 3.67. The zero-order chi connectivity index (χ0) is 11.2. The summed E-state index contributed by atoms with van der Waals surface area (Å²) >= 11 is 1.73. The molecule has 0 saturated heterocycles. The molecule has 0 radical (unpaired) electrons. The number of aryl methyl sites for hydroxylation is 1. The van der Waals surface area contributed by atoms with Crippen LogP contribution in [0.1, 0.15) is 43.9 Å². The number of hydrogen-bond acceptors (Lipinski definition) is 1. The standard InChI is InChI=1S/C14H19NS/c1-2-11-16-12-10-15-9-8-13-6-4-3-5-7-14(13)15/h8-9H,2-7,11H2,1H3. The minimum absolute atomic E-state index is 1.14. The maximum Gasteiger partial charge on any atom is 0.0345 e. The number of thioether (sulfide) groups is 1. The van der Waals surface area contributed by atoms with Crippen molar-refractivity contribution in [2.45, 2.75) is 45.4 Å². The molecule has 1 aliphatic rings. The highest BCUT2D eigenvalue weighted by molar-refractivity contribution is 8.03. The van der Waals surface area contributed by atoms with Crippen molar-refractivity contribution in [2.75, 3.05) is 5.75 Å².